The zero-order valence-corrected chi connectivity index (χ0v) is 15.8. The first kappa shape index (κ1) is 21.7. The van der Waals surface area contributed by atoms with Crippen molar-refractivity contribution < 1.29 is 40.4 Å². The van der Waals surface area contributed by atoms with Crippen molar-refractivity contribution in [2.45, 2.75) is 0 Å². The predicted molar refractivity (Wildman–Crippen MR) is 104 cm³/mol. The van der Waals surface area contributed by atoms with Gasteiger partial charge in [0, 0.05) is 16.4 Å². The van der Waals surface area contributed by atoms with Crippen LogP contribution in [-0.2, 0) is 0 Å². The number of rotatable bonds is 4. The number of halogens is 7. The highest BCUT2D eigenvalue weighted by Crippen LogP contribution is 2.34. The summed E-state index contributed by atoms with van der Waals surface area (Å²) in [5.74, 6) is -12.6. The predicted octanol–water partition coefficient (Wildman–Crippen LogP) is 5.25. The highest BCUT2D eigenvalue weighted by molar-refractivity contribution is 6.62. The lowest BCUT2D eigenvalue weighted by Gasteiger charge is -2.17. The first-order chi connectivity index (χ1) is 15.2. The molecule has 0 unspecified atom stereocenters. The Bertz CT molecular complexity index is 1360. The molecule has 0 aliphatic heterocycles. The van der Waals surface area contributed by atoms with Crippen LogP contribution in [0, 0.1) is 40.7 Å². The molecule has 0 amide bonds. The maximum atomic E-state index is 14.4. The van der Waals surface area contributed by atoms with Crippen LogP contribution in [-0.4, -0.2) is 12.1 Å². The minimum Gasteiger partial charge on any atom is -0.532 e. The number of hydrogen-bond donors (Lipinski definition) is 1. The Kier molecular flexibility index (Phi) is 5.56. The number of benzene rings is 4. The summed E-state index contributed by atoms with van der Waals surface area (Å²) in [5, 5.41) is 9.18. The summed E-state index contributed by atoms with van der Waals surface area (Å²) < 4.78 is 102. The number of hydrogen-bond acceptors (Lipinski definition) is 2. The van der Waals surface area contributed by atoms with Gasteiger partial charge in [-0.1, -0.05) is 36.4 Å². The van der Waals surface area contributed by atoms with Crippen LogP contribution >= 0.6 is 0 Å². The molecule has 0 fully saturated rings. The molecule has 32 heavy (non-hydrogen) atoms. The molecule has 0 aliphatic carbocycles. The minimum absolute atomic E-state index is 0.0829. The molecule has 4 aromatic rings. The summed E-state index contributed by atoms with van der Waals surface area (Å²) in [4.78, 5) is 0. The van der Waals surface area contributed by atoms with Crippen molar-refractivity contribution in [1.29, 1.82) is 0 Å². The first-order valence-electron chi connectivity index (χ1n) is 9.04. The summed E-state index contributed by atoms with van der Waals surface area (Å²) >= 11 is 0. The molecule has 0 saturated carbocycles. The van der Waals surface area contributed by atoms with E-state index in [1.165, 1.54) is 24.3 Å². The zero-order valence-electron chi connectivity index (χ0n) is 15.8. The average Bonchev–Trinajstić information content (AvgIpc) is 2.80. The largest absolute Gasteiger partial charge is 0.560 e. The molecule has 2 nitrogen and oxygen atoms in total. The molecular weight excluding hydrogens is 440 g/mol. The van der Waals surface area contributed by atoms with Crippen molar-refractivity contribution in [3.63, 3.8) is 0 Å². The van der Waals surface area contributed by atoms with Gasteiger partial charge in [-0.15, -0.1) is 0 Å². The van der Waals surface area contributed by atoms with Gasteiger partial charge in [0.25, 0.3) is 0 Å². The monoisotopic (exact) mass is 450 g/mol. The molecule has 0 radical (unpaired) electrons. The molecule has 0 saturated heterocycles. The topological polar surface area (TPSA) is 29.5 Å². The van der Waals surface area contributed by atoms with Gasteiger partial charge in [-0.3, -0.25) is 0 Å². The van der Waals surface area contributed by atoms with Crippen molar-refractivity contribution >= 4 is 23.4 Å². The van der Waals surface area contributed by atoms with E-state index in [1.54, 1.807) is 0 Å². The first-order valence-corrected chi connectivity index (χ1v) is 9.04. The van der Waals surface area contributed by atoms with Gasteiger partial charge >= 0.3 is 7.12 Å². The molecule has 162 valence electrons. The van der Waals surface area contributed by atoms with Crippen molar-refractivity contribution in [3.05, 3.63) is 95.3 Å². The van der Waals surface area contributed by atoms with Gasteiger partial charge in [-0.05, 0) is 23.8 Å². The quantitative estimate of drug-likeness (QED) is 0.199. The highest BCUT2D eigenvalue weighted by Gasteiger charge is 2.28. The van der Waals surface area contributed by atoms with Crippen molar-refractivity contribution in [2.24, 2.45) is 0 Å². The maximum absolute atomic E-state index is 14.4. The van der Waals surface area contributed by atoms with E-state index >= 15 is 0 Å². The third kappa shape index (κ3) is 3.46. The molecule has 0 heterocycles. The van der Waals surface area contributed by atoms with Crippen molar-refractivity contribution in [2.75, 3.05) is 0 Å². The normalized spacial score (nSPS) is 11.1. The summed E-state index contributed by atoms with van der Waals surface area (Å²) in [6.45, 7) is 0. The fraction of sp³-hybridized carbons (Fsp3) is 0. The summed E-state index contributed by atoms with van der Waals surface area (Å²) in [7, 11) is -1.96. The number of fused-ring (bicyclic) bond motifs is 1. The third-order valence-electron chi connectivity index (χ3n) is 4.85. The molecule has 10 heteroatoms. The zero-order chi connectivity index (χ0) is 23.2. The Labute approximate surface area is 176 Å². The van der Waals surface area contributed by atoms with Gasteiger partial charge in [0.05, 0.1) is 5.39 Å². The average molecular weight is 450 g/mol. The van der Waals surface area contributed by atoms with Gasteiger partial charge in [0.15, 0.2) is 40.7 Å². The smallest absolute Gasteiger partial charge is 0.532 e. The Hall–Kier alpha value is -3.53. The van der Waals surface area contributed by atoms with E-state index in [-0.39, 0.29) is 11.0 Å². The third-order valence-corrected chi connectivity index (χ3v) is 4.85. The molecule has 0 aliphatic rings. The van der Waals surface area contributed by atoms with Crippen LogP contribution in [0.1, 0.15) is 0 Å². The van der Waals surface area contributed by atoms with Crippen molar-refractivity contribution in [3.8, 4) is 16.9 Å². The van der Waals surface area contributed by atoms with Gasteiger partial charge in [0.1, 0.15) is 5.75 Å². The van der Waals surface area contributed by atoms with Gasteiger partial charge in [-0.25, -0.2) is 30.7 Å². The van der Waals surface area contributed by atoms with Gasteiger partial charge in [-0.2, -0.15) is 0 Å². The van der Waals surface area contributed by atoms with Crippen LogP contribution in [0.5, 0.6) is 5.75 Å². The van der Waals surface area contributed by atoms with Crippen LogP contribution in [0.2, 0.25) is 0 Å². The maximum Gasteiger partial charge on any atom is 0.560 e. The molecule has 0 spiro atoms. The van der Waals surface area contributed by atoms with Crippen molar-refractivity contribution in [1.82, 2.24) is 0 Å². The van der Waals surface area contributed by atoms with E-state index < -0.39 is 69.9 Å². The van der Waals surface area contributed by atoms with Crippen LogP contribution < -0.4 is 10.1 Å². The van der Waals surface area contributed by atoms with Crippen LogP contribution in [0.4, 0.5) is 30.7 Å². The minimum atomic E-state index is -2.07. The lowest BCUT2D eigenvalue weighted by Crippen LogP contribution is -2.38. The Morgan fingerprint density at radius 2 is 1.28 bits per heavy atom. The molecule has 4 aromatic carbocycles. The molecular formula is C22H10BF7O2. The highest BCUT2D eigenvalue weighted by atomic mass is 19.2. The second kappa shape index (κ2) is 8.20. The molecule has 1 N–H and O–H groups in total. The van der Waals surface area contributed by atoms with E-state index in [1.807, 2.05) is 0 Å². The van der Waals surface area contributed by atoms with Gasteiger partial charge in [0.2, 0.25) is 0 Å². The Morgan fingerprint density at radius 1 is 0.594 bits per heavy atom. The van der Waals surface area contributed by atoms with E-state index in [2.05, 4.69) is 0 Å². The fourth-order valence-corrected chi connectivity index (χ4v) is 3.33. The summed E-state index contributed by atoms with van der Waals surface area (Å²) in [6.07, 6.45) is 0. The Balaban J connectivity index is 1.82. The second-order valence-electron chi connectivity index (χ2n) is 6.72. The van der Waals surface area contributed by atoms with E-state index in [4.69, 9.17) is 4.65 Å². The molecule has 0 bridgehead atoms. The van der Waals surface area contributed by atoms with Crippen LogP contribution in [0.3, 0.4) is 0 Å². The van der Waals surface area contributed by atoms with E-state index in [0.717, 1.165) is 24.3 Å². The van der Waals surface area contributed by atoms with Gasteiger partial charge < -0.3 is 9.68 Å². The summed E-state index contributed by atoms with van der Waals surface area (Å²) in [5.41, 5.74) is -0.621. The molecule has 0 aromatic heterocycles. The lowest BCUT2D eigenvalue weighted by molar-refractivity contribution is 0.412. The van der Waals surface area contributed by atoms with Crippen LogP contribution in [0.15, 0.2) is 54.6 Å². The molecule has 0 atom stereocenters. The SMILES string of the molecule is OB(Oc1cccc2c(F)c(F)c(F)c(F)c12)c1ccccc1-c1ccc(F)c(F)c1F. The van der Waals surface area contributed by atoms with E-state index in [0.29, 0.717) is 6.07 Å². The standard InChI is InChI=1S/C22H10BF7O2/c24-14-9-8-11(17(25)19(14)27)10-4-1-2-6-13(10)23(31)32-15-7-3-5-12-16(15)20(28)22(30)21(29)18(12)26/h1-9,31H. The summed E-state index contributed by atoms with van der Waals surface area (Å²) in [6, 6.07) is 10.3. The van der Waals surface area contributed by atoms with Crippen LogP contribution in [0.25, 0.3) is 21.9 Å². The fourth-order valence-electron chi connectivity index (χ4n) is 3.33. The second-order valence-corrected chi connectivity index (χ2v) is 6.72. The Morgan fingerprint density at radius 3 is 2.03 bits per heavy atom. The lowest BCUT2D eigenvalue weighted by atomic mass is 9.74. The molecule has 4 rings (SSSR count). The van der Waals surface area contributed by atoms with E-state index in [9.17, 15) is 35.8 Å².